The Hall–Kier alpha value is -0.120. The van der Waals surface area contributed by atoms with Gasteiger partial charge in [0.1, 0.15) is 0 Å². The molecule has 1 atom stereocenters. The molecule has 3 nitrogen and oxygen atoms in total. The molecule has 3 heteroatoms. The number of hydrogen-bond acceptors (Lipinski definition) is 3. The molecule has 1 heterocycles. The highest BCUT2D eigenvalue weighted by Gasteiger charge is 2.12. The smallest absolute Gasteiger partial charge is 0.0674 e. The first-order chi connectivity index (χ1) is 9.26. The number of piperidine rings is 1. The zero-order valence-corrected chi connectivity index (χ0v) is 13.4. The van der Waals surface area contributed by atoms with Crippen molar-refractivity contribution in [2.75, 3.05) is 45.9 Å². The Balaban J connectivity index is 2.09. The fourth-order valence-corrected chi connectivity index (χ4v) is 2.91. The van der Waals surface area contributed by atoms with Crippen LogP contribution in [-0.2, 0) is 4.74 Å². The van der Waals surface area contributed by atoms with Gasteiger partial charge in [-0.1, -0.05) is 20.3 Å². The first kappa shape index (κ1) is 16.9. The molecule has 1 aliphatic heterocycles. The molecular formula is C16H34N2O. The van der Waals surface area contributed by atoms with Gasteiger partial charge in [0.05, 0.1) is 12.7 Å². The molecule has 19 heavy (non-hydrogen) atoms. The van der Waals surface area contributed by atoms with E-state index in [1.807, 2.05) is 0 Å². The Bertz CT molecular complexity index is 199. The standard InChI is InChI=1S/C16H34N2O/c1-4-9-18(10-5-2)15-16(3)19-14-13-17-11-7-6-8-12-17/h16H,4-15H2,1-3H3. The number of hydrogen-bond donors (Lipinski definition) is 0. The van der Waals surface area contributed by atoms with Gasteiger partial charge < -0.3 is 14.5 Å². The lowest BCUT2D eigenvalue weighted by Crippen LogP contribution is -2.36. The molecule has 114 valence electrons. The van der Waals surface area contributed by atoms with Gasteiger partial charge in [-0.3, -0.25) is 0 Å². The molecule has 0 aliphatic carbocycles. The average Bonchev–Trinajstić information content (AvgIpc) is 2.40. The summed E-state index contributed by atoms with van der Waals surface area (Å²) in [5, 5.41) is 0. The topological polar surface area (TPSA) is 15.7 Å². The van der Waals surface area contributed by atoms with E-state index in [1.54, 1.807) is 0 Å². The third-order valence-corrected chi connectivity index (χ3v) is 3.85. The van der Waals surface area contributed by atoms with Crippen LogP contribution < -0.4 is 0 Å². The van der Waals surface area contributed by atoms with E-state index in [2.05, 4.69) is 30.6 Å². The van der Waals surface area contributed by atoms with Crippen molar-refractivity contribution in [3.05, 3.63) is 0 Å². The summed E-state index contributed by atoms with van der Waals surface area (Å²) in [6.45, 7) is 14.8. The summed E-state index contributed by atoms with van der Waals surface area (Å²) >= 11 is 0. The van der Waals surface area contributed by atoms with Crippen molar-refractivity contribution >= 4 is 0 Å². The largest absolute Gasteiger partial charge is 0.376 e. The van der Waals surface area contributed by atoms with Gasteiger partial charge in [0, 0.05) is 13.1 Å². The van der Waals surface area contributed by atoms with Crippen molar-refractivity contribution in [1.82, 2.24) is 9.80 Å². The van der Waals surface area contributed by atoms with Crippen LogP contribution in [0.2, 0.25) is 0 Å². The molecule has 0 spiro atoms. The lowest BCUT2D eigenvalue weighted by molar-refractivity contribution is 0.0229. The number of rotatable bonds is 10. The van der Waals surface area contributed by atoms with E-state index in [0.29, 0.717) is 6.10 Å². The van der Waals surface area contributed by atoms with Crippen LogP contribution in [0.25, 0.3) is 0 Å². The Kier molecular flexibility index (Phi) is 9.48. The van der Waals surface area contributed by atoms with Crippen LogP contribution in [0.5, 0.6) is 0 Å². The highest BCUT2D eigenvalue weighted by Crippen LogP contribution is 2.08. The summed E-state index contributed by atoms with van der Waals surface area (Å²) in [6.07, 6.45) is 6.99. The van der Waals surface area contributed by atoms with E-state index in [9.17, 15) is 0 Å². The van der Waals surface area contributed by atoms with Gasteiger partial charge in [0.2, 0.25) is 0 Å². The molecule has 0 radical (unpaired) electrons. The van der Waals surface area contributed by atoms with Crippen LogP contribution in [0.4, 0.5) is 0 Å². The SMILES string of the molecule is CCCN(CCC)CC(C)OCCN1CCCCC1. The quantitative estimate of drug-likeness (QED) is 0.607. The Labute approximate surface area is 120 Å². The summed E-state index contributed by atoms with van der Waals surface area (Å²) in [5.74, 6) is 0. The van der Waals surface area contributed by atoms with E-state index in [-0.39, 0.29) is 0 Å². The molecule has 0 bridgehead atoms. The molecular weight excluding hydrogens is 236 g/mol. The molecule has 0 aromatic carbocycles. The maximum atomic E-state index is 5.98. The molecule has 1 aliphatic rings. The van der Waals surface area contributed by atoms with Gasteiger partial charge in [-0.15, -0.1) is 0 Å². The first-order valence-corrected chi connectivity index (χ1v) is 8.32. The molecule has 0 aromatic rings. The van der Waals surface area contributed by atoms with Crippen molar-refractivity contribution in [2.45, 2.75) is 59.0 Å². The maximum Gasteiger partial charge on any atom is 0.0674 e. The molecule has 0 aromatic heterocycles. The predicted molar refractivity (Wildman–Crippen MR) is 82.7 cm³/mol. The van der Waals surface area contributed by atoms with Crippen molar-refractivity contribution in [3.8, 4) is 0 Å². The van der Waals surface area contributed by atoms with E-state index in [1.165, 1.54) is 58.3 Å². The zero-order valence-electron chi connectivity index (χ0n) is 13.4. The monoisotopic (exact) mass is 270 g/mol. The van der Waals surface area contributed by atoms with E-state index in [0.717, 1.165) is 19.7 Å². The minimum absolute atomic E-state index is 0.364. The van der Waals surface area contributed by atoms with Gasteiger partial charge in [-0.05, 0) is 58.8 Å². The highest BCUT2D eigenvalue weighted by atomic mass is 16.5. The summed E-state index contributed by atoms with van der Waals surface area (Å²) in [6, 6.07) is 0. The van der Waals surface area contributed by atoms with E-state index in [4.69, 9.17) is 4.74 Å². The van der Waals surface area contributed by atoms with Crippen molar-refractivity contribution in [3.63, 3.8) is 0 Å². The van der Waals surface area contributed by atoms with Crippen LogP contribution in [0.15, 0.2) is 0 Å². The Morgan fingerprint density at radius 3 is 2.26 bits per heavy atom. The molecule has 0 N–H and O–H groups in total. The average molecular weight is 270 g/mol. The second-order valence-corrected chi connectivity index (χ2v) is 5.88. The predicted octanol–water partition coefficient (Wildman–Crippen LogP) is 3.00. The zero-order chi connectivity index (χ0) is 13.9. The van der Waals surface area contributed by atoms with Crippen molar-refractivity contribution in [1.29, 1.82) is 0 Å². The van der Waals surface area contributed by atoms with Gasteiger partial charge in [-0.25, -0.2) is 0 Å². The van der Waals surface area contributed by atoms with E-state index >= 15 is 0 Å². The third kappa shape index (κ3) is 7.91. The first-order valence-electron chi connectivity index (χ1n) is 8.32. The minimum atomic E-state index is 0.364. The van der Waals surface area contributed by atoms with Gasteiger partial charge in [0.15, 0.2) is 0 Å². The molecule has 1 rings (SSSR count). The molecule has 0 amide bonds. The van der Waals surface area contributed by atoms with Crippen molar-refractivity contribution in [2.24, 2.45) is 0 Å². The second kappa shape index (κ2) is 10.6. The summed E-state index contributed by atoms with van der Waals surface area (Å²) < 4.78 is 5.98. The van der Waals surface area contributed by atoms with Crippen LogP contribution >= 0.6 is 0 Å². The second-order valence-electron chi connectivity index (χ2n) is 5.88. The van der Waals surface area contributed by atoms with Gasteiger partial charge in [-0.2, -0.15) is 0 Å². The Morgan fingerprint density at radius 1 is 1.05 bits per heavy atom. The summed E-state index contributed by atoms with van der Waals surface area (Å²) in [5.41, 5.74) is 0. The Morgan fingerprint density at radius 2 is 1.68 bits per heavy atom. The van der Waals surface area contributed by atoms with Crippen LogP contribution in [0, 0.1) is 0 Å². The third-order valence-electron chi connectivity index (χ3n) is 3.85. The minimum Gasteiger partial charge on any atom is -0.376 e. The van der Waals surface area contributed by atoms with Gasteiger partial charge >= 0.3 is 0 Å². The van der Waals surface area contributed by atoms with Crippen LogP contribution in [-0.4, -0.2) is 61.8 Å². The lowest BCUT2D eigenvalue weighted by atomic mass is 10.1. The fraction of sp³-hybridized carbons (Fsp3) is 1.00. The summed E-state index contributed by atoms with van der Waals surface area (Å²) in [4.78, 5) is 5.08. The fourth-order valence-electron chi connectivity index (χ4n) is 2.91. The summed E-state index contributed by atoms with van der Waals surface area (Å²) in [7, 11) is 0. The van der Waals surface area contributed by atoms with E-state index < -0.39 is 0 Å². The maximum absolute atomic E-state index is 5.98. The van der Waals surface area contributed by atoms with Crippen molar-refractivity contribution < 1.29 is 4.74 Å². The molecule has 1 fully saturated rings. The normalized spacial score (nSPS) is 18.9. The van der Waals surface area contributed by atoms with Crippen LogP contribution in [0.1, 0.15) is 52.9 Å². The highest BCUT2D eigenvalue weighted by molar-refractivity contribution is 4.65. The number of ether oxygens (including phenoxy) is 1. The molecule has 1 saturated heterocycles. The number of likely N-dealkylation sites (tertiary alicyclic amines) is 1. The van der Waals surface area contributed by atoms with Gasteiger partial charge in [0.25, 0.3) is 0 Å². The number of nitrogens with zero attached hydrogens (tertiary/aromatic N) is 2. The lowest BCUT2D eigenvalue weighted by Gasteiger charge is -2.28. The van der Waals surface area contributed by atoms with Crippen LogP contribution in [0.3, 0.4) is 0 Å². The molecule has 0 saturated carbocycles. The molecule has 1 unspecified atom stereocenters.